The number of aryl methyl sites for hydroxylation is 1. The van der Waals surface area contributed by atoms with Gasteiger partial charge in [-0.05, 0) is 31.8 Å². The maximum absolute atomic E-state index is 5.97. The minimum absolute atomic E-state index is 0.0417. The molecule has 13 heavy (non-hydrogen) atoms. The molecule has 3 nitrogen and oxygen atoms in total. The van der Waals surface area contributed by atoms with Crippen molar-refractivity contribution in [3.63, 3.8) is 0 Å². The van der Waals surface area contributed by atoms with Crippen molar-refractivity contribution < 1.29 is 0 Å². The summed E-state index contributed by atoms with van der Waals surface area (Å²) >= 11 is 1.39. The molecule has 0 radical (unpaired) electrons. The molecule has 0 aromatic carbocycles. The molecule has 1 rings (SSSR count). The predicted octanol–water partition coefficient (Wildman–Crippen LogP) is 2.07. The molecule has 0 bridgehead atoms. The van der Waals surface area contributed by atoms with E-state index in [2.05, 4.69) is 16.5 Å². The summed E-state index contributed by atoms with van der Waals surface area (Å²) < 4.78 is 3.90. The van der Waals surface area contributed by atoms with Gasteiger partial charge in [-0.1, -0.05) is 23.1 Å². The highest BCUT2D eigenvalue weighted by Gasteiger charge is 2.11. The fourth-order valence-corrected chi connectivity index (χ4v) is 1.86. The van der Waals surface area contributed by atoms with E-state index in [-0.39, 0.29) is 6.04 Å². The minimum Gasteiger partial charge on any atom is -0.320 e. The van der Waals surface area contributed by atoms with Crippen LogP contribution in [-0.4, -0.2) is 9.59 Å². The van der Waals surface area contributed by atoms with Crippen LogP contribution in [0.15, 0.2) is 11.6 Å². The Kier molecular flexibility index (Phi) is 3.57. The molecular formula is C9H15N3S. The van der Waals surface area contributed by atoms with Crippen molar-refractivity contribution in [1.29, 1.82) is 0 Å². The summed E-state index contributed by atoms with van der Waals surface area (Å²) in [6, 6.07) is -0.0417. The molecule has 1 aromatic heterocycles. The molecule has 0 saturated heterocycles. The summed E-state index contributed by atoms with van der Waals surface area (Å²) in [5.74, 6) is 0. The lowest BCUT2D eigenvalue weighted by Crippen LogP contribution is -2.07. The molecule has 0 amide bonds. The van der Waals surface area contributed by atoms with Crippen LogP contribution in [0.2, 0.25) is 0 Å². The predicted molar refractivity (Wildman–Crippen MR) is 55.6 cm³/mol. The van der Waals surface area contributed by atoms with E-state index < -0.39 is 0 Å². The quantitative estimate of drug-likeness (QED) is 0.755. The van der Waals surface area contributed by atoms with Gasteiger partial charge in [-0.15, -0.1) is 5.10 Å². The van der Waals surface area contributed by atoms with Crippen molar-refractivity contribution in [3.05, 3.63) is 22.2 Å². The standard InChI is InChI=1S/C9H15N3S/c1-4-8-9(13-12-11-8)7(10)5-6(2)3/h5,7H,4,10H2,1-3H3. The van der Waals surface area contributed by atoms with Gasteiger partial charge in [-0.25, -0.2) is 0 Å². The monoisotopic (exact) mass is 197 g/mol. The van der Waals surface area contributed by atoms with Crippen LogP contribution in [0.4, 0.5) is 0 Å². The zero-order valence-electron chi connectivity index (χ0n) is 8.24. The van der Waals surface area contributed by atoms with Crippen LogP contribution in [0, 0.1) is 0 Å². The zero-order chi connectivity index (χ0) is 9.84. The van der Waals surface area contributed by atoms with Gasteiger partial charge in [0.1, 0.15) is 0 Å². The number of rotatable bonds is 3. The van der Waals surface area contributed by atoms with Crippen LogP contribution in [-0.2, 0) is 6.42 Å². The summed E-state index contributed by atoms with van der Waals surface area (Å²) in [5.41, 5.74) is 8.22. The molecule has 0 fully saturated rings. The largest absolute Gasteiger partial charge is 0.320 e. The van der Waals surface area contributed by atoms with Gasteiger partial charge < -0.3 is 5.73 Å². The zero-order valence-corrected chi connectivity index (χ0v) is 9.06. The average Bonchev–Trinajstić information content (AvgIpc) is 2.49. The van der Waals surface area contributed by atoms with E-state index in [9.17, 15) is 0 Å². The van der Waals surface area contributed by atoms with Gasteiger partial charge in [0.2, 0.25) is 0 Å². The fourth-order valence-electron chi connectivity index (χ4n) is 1.15. The van der Waals surface area contributed by atoms with E-state index in [0.29, 0.717) is 0 Å². The summed E-state index contributed by atoms with van der Waals surface area (Å²) in [6.07, 6.45) is 2.94. The summed E-state index contributed by atoms with van der Waals surface area (Å²) in [6.45, 7) is 6.15. The van der Waals surface area contributed by atoms with E-state index in [1.807, 2.05) is 19.9 Å². The topological polar surface area (TPSA) is 51.8 Å². The Morgan fingerprint density at radius 2 is 2.31 bits per heavy atom. The molecule has 0 aliphatic carbocycles. The van der Waals surface area contributed by atoms with Gasteiger partial charge in [0.15, 0.2) is 0 Å². The molecule has 0 saturated carbocycles. The van der Waals surface area contributed by atoms with E-state index in [1.54, 1.807) is 0 Å². The molecule has 0 spiro atoms. The normalized spacial score (nSPS) is 12.6. The van der Waals surface area contributed by atoms with Crippen LogP contribution in [0.1, 0.15) is 37.4 Å². The molecule has 1 aromatic rings. The average molecular weight is 197 g/mol. The molecule has 0 aliphatic rings. The Morgan fingerprint density at radius 3 is 2.85 bits per heavy atom. The van der Waals surface area contributed by atoms with Gasteiger partial charge in [0.25, 0.3) is 0 Å². The number of aromatic nitrogens is 2. The van der Waals surface area contributed by atoms with Crippen LogP contribution >= 0.6 is 11.5 Å². The number of allylic oxidation sites excluding steroid dienone is 1. The Morgan fingerprint density at radius 1 is 1.62 bits per heavy atom. The number of hydrogen-bond acceptors (Lipinski definition) is 4. The summed E-state index contributed by atoms with van der Waals surface area (Å²) in [4.78, 5) is 1.09. The van der Waals surface area contributed by atoms with Gasteiger partial charge in [0, 0.05) is 0 Å². The van der Waals surface area contributed by atoms with Crippen molar-refractivity contribution in [3.8, 4) is 0 Å². The first kappa shape index (κ1) is 10.3. The highest BCUT2D eigenvalue weighted by molar-refractivity contribution is 7.05. The highest BCUT2D eigenvalue weighted by Crippen LogP contribution is 2.20. The first-order valence-corrected chi connectivity index (χ1v) is 5.14. The molecule has 0 aliphatic heterocycles. The van der Waals surface area contributed by atoms with E-state index in [4.69, 9.17) is 5.73 Å². The fraction of sp³-hybridized carbons (Fsp3) is 0.556. The van der Waals surface area contributed by atoms with Gasteiger partial charge >= 0.3 is 0 Å². The summed E-state index contributed by atoms with van der Waals surface area (Å²) in [5, 5.41) is 4.02. The van der Waals surface area contributed by atoms with Crippen LogP contribution in [0.5, 0.6) is 0 Å². The molecule has 1 heterocycles. The van der Waals surface area contributed by atoms with Gasteiger partial charge in [-0.2, -0.15) is 0 Å². The van der Waals surface area contributed by atoms with Crippen molar-refractivity contribution in [1.82, 2.24) is 9.59 Å². The smallest absolute Gasteiger partial charge is 0.0804 e. The van der Waals surface area contributed by atoms with Crippen molar-refractivity contribution >= 4 is 11.5 Å². The second kappa shape index (κ2) is 4.48. The van der Waals surface area contributed by atoms with E-state index in [1.165, 1.54) is 17.1 Å². The first-order chi connectivity index (χ1) is 6.15. The van der Waals surface area contributed by atoms with Crippen LogP contribution in [0.3, 0.4) is 0 Å². The Labute approximate surface area is 82.8 Å². The SMILES string of the molecule is CCc1nnsc1C(N)C=C(C)C. The Balaban J connectivity index is 2.88. The van der Waals surface area contributed by atoms with E-state index in [0.717, 1.165) is 17.0 Å². The van der Waals surface area contributed by atoms with Crippen molar-refractivity contribution in [2.75, 3.05) is 0 Å². The van der Waals surface area contributed by atoms with E-state index >= 15 is 0 Å². The third-order valence-corrected chi connectivity index (χ3v) is 2.60. The second-order valence-electron chi connectivity index (χ2n) is 3.21. The molecule has 4 heteroatoms. The number of hydrogen-bond donors (Lipinski definition) is 1. The van der Waals surface area contributed by atoms with Gasteiger partial charge in [0.05, 0.1) is 16.6 Å². The third-order valence-electron chi connectivity index (χ3n) is 1.74. The molecule has 1 atom stereocenters. The number of nitrogens with two attached hydrogens (primary N) is 1. The Bertz CT molecular complexity index is 300. The van der Waals surface area contributed by atoms with Gasteiger partial charge in [-0.3, -0.25) is 0 Å². The second-order valence-corrected chi connectivity index (χ2v) is 3.99. The molecule has 2 N–H and O–H groups in total. The van der Waals surface area contributed by atoms with Crippen molar-refractivity contribution in [2.24, 2.45) is 5.73 Å². The van der Waals surface area contributed by atoms with Crippen LogP contribution in [0.25, 0.3) is 0 Å². The molecule has 72 valence electrons. The third kappa shape index (κ3) is 2.60. The lowest BCUT2D eigenvalue weighted by Gasteiger charge is -2.04. The Hall–Kier alpha value is -0.740. The molecular weight excluding hydrogens is 182 g/mol. The lowest BCUT2D eigenvalue weighted by molar-refractivity contribution is 0.874. The maximum atomic E-state index is 5.97. The van der Waals surface area contributed by atoms with Crippen molar-refractivity contribution in [2.45, 2.75) is 33.2 Å². The maximum Gasteiger partial charge on any atom is 0.0804 e. The summed E-state index contributed by atoms with van der Waals surface area (Å²) in [7, 11) is 0. The minimum atomic E-state index is -0.0417. The molecule has 1 unspecified atom stereocenters. The number of nitrogens with zero attached hydrogens (tertiary/aromatic N) is 2. The lowest BCUT2D eigenvalue weighted by atomic mass is 10.1. The highest BCUT2D eigenvalue weighted by atomic mass is 32.1. The first-order valence-electron chi connectivity index (χ1n) is 4.36. The van der Waals surface area contributed by atoms with Crippen LogP contribution < -0.4 is 5.73 Å².